The number of benzene rings is 2. The van der Waals surface area contributed by atoms with E-state index in [0.29, 0.717) is 12.0 Å². The molecule has 2 aromatic carbocycles. The Bertz CT molecular complexity index is 552. The molecule has 1 N–H and O–H groups in total. The fourth-order valence-corrected chi connectivity index (χ4v) is 1.84. The Labute approximate surface area is 105 Å². The van der Waals surface area contributed by atoms with Crippen LogP contribution in [0.3, 0.4) is 0 Å². The van der Waals surface area contributed by atoms with Crippen molar-refractivity contribution < 1.29 is 13.9 Å². The molecule has 0 aliphatic rings. The van der Waals surface area contributed by atoms with Crippen LogP contribution < -0.4 is 0 Å². The lowest BCUT2D eigenvalue weighted by Gasteiger charge is -2.10. The van der Waals surface area contributed by atoms with Gasteiger partial charge in [-0.3, -0.25) is 0 Å². The van der Waals surface area contributed by atoms with Gasteiger partial charge in [0, 0.05) is 0 Å². The first-order valence-electron chi connectivity index (χ1n) is 5.85. The monoisotopic (exact) mass is 248 g/mol. The average Bonchev–Trinajstić information content (AvgIpc) is 2.41. The minimum absolute atomic E-state index is 0.532. The maximum Gasteiger partial charge on any atom is 0.159 e. The van der Waals surface area contributed by atoms with Crippen LogP contribution in [0.1, 0.15) is 25.0 Å². The lowest BCUT2D eigenvalue weighted by molar-refractivity contribution is 0.174. The zero-order valence-corrected chi connectivity index (χ0v) is 10.0. The molecule has 18 heavy (non-hydrogen) atoms. The molecule has 0 bridgehead atoms. The van der Waals surface area contributed by atoms with Crippen LogP contribution in [0.5, 0.6) is 0 Å². The first-order valence-corrected chi connectivity index (χ1v) is 5.85. The molecular formula is C15H14F2O. The maximum atomic E-state index is 13.2. The fraction of sp³-hybridized carbons (Fsp3) is 0.200. The van der Waals surface area contributed by atoms with Gasteiger partial charge in [-0.2, -0.15) is 0 Å². The van der Waals surface area contributed by atoms with Crippen molar-refractivity contribution in [2.24, 2.45) is 0 Å². The molecule has 2 aromatic rings. The van der Waals surface area contributed by atoms with Crippen LogP contribution in [0.4, 0.5) is 8.78 Å². The molecule has 94 valence electrons. The highest BCUT2D eigenvalue weighted by atomic mass is 19.2. The number of hydrogen-bond acceptors (Lipinski definition) is 1. The average molecular weight is 248 g/mol. The minimum atomic E-state index is -0.867. The van der Waals surface area contributed by atoms with E-state index in [1.54, 1.807) is 18.2 Å². The molecule has 0 amide bonds. The van der Waals surface area contributed by atoms with Crippen LogP contribution in [0.25, 0.3) is 11.1 Å². The third-order valence-corrected chi connectivity index (χ3v) is 2.91. The highest BCUT2D eigenvalue weighted by molar-refractivity contribution is 5.64. The van der Waals surface area contributed by atoms with Gasteiger partial charge in [0.1, 0.15) is 0 Å². The second kappa shape index (κ2) is 5.27. The van der Waals surface area contributed by atoms with Gasteiger partial charge in [-0.15, -0.1) is 0 Å². The van der Waals surface area contributed by atoms with Crippen LogP contribution in [0, 0.1) is 11.6 Å². The summed E-state index contributed by atoms with van der Waals surface area (Å²) in [6.07, 6.45) is 0.0802. The normalized spacial score (nSPS) is 12.4. The predicted molar refractivity (Wildman–Crippen MR) is 67.0 cm³/mol. The smallest absolute Gasteiger partial charge is 0.159 e. The minimum Gasteiger partial charge on any atom is -0.388 e. The number of aliphatic hydroxyl groups excluding tert-OH is 1. The van der Waals surface area contributed by atoms with Crippen molar-refractivity contribution in [3.63, 3.8) is 0 Å². The quantitative estimate of drug-likeness (QED) is 0.867. The Balaban J connectivity index is 2.41. The van der Waals surface area contributed by atoms with Gasteiger partial charge in [-0.05, 0) is 41.3 Å². The summed E-state index contributed by atoms with van der Waals surface area (Å²) in [5.74, 6) is -1.72. The molecule has 0 radical (unpaired) electrons. The highest BCUT2D eigenvalue weighted by Gasteiger charge is 2.08. The molecular weight excluding hydrogens is 234 g/mol. The van der Waals surface area contributed by atoms with Crippen molar-refractivity contribution in [1.82, 2.24) is 0 Å². The van der Waals surface area contributed by atoms with Crippen LogP contribution in [0.2, 0.25) is 0 Å². The SMILES string of the molecule is CC[C@H](O)c1cccc(-c2ccc(F)c(F)c2)c1. The molecule has 0 aromatic heterocycles. The van der Waals surface area contributed by atoms with Crippen molar-refractivity contribution in [3.8, 4) is 11.1 Å². The molecule has 2 rings (SSSR count). The zero-order valence-electron chi connectivity index (χ0n) is 10.0. The Kier molecular flexibility index (Phi) is 3.72. The molecule has 3 heteroatoms. The molecule has 0 fully saturated rings. The van der Waals surface area contributed by atoms with E-state index in [0.717, 1.165) is 23.3 Å². The van der Waals surface area contributed by atoms with E-state index in [4.69, 9.17) is 0 Å². The maximum absolute atomic E-state index is 13.2. The van der Waals surface area contributed by atoms with Gasteiger partial charge in [-0.1, -0.05) is 31.2 Å². The molecule has 0 saturated heterocycles. The van der Waals surface area contributed by atoms with E-state index in [1.807, 2.05) is 13.0 Å². The van der Waals surface area contributed by atoms with E-state index in [1.165, 1.54) is 6.07 Å². The molecule has 0 unspecified atom stereocenters. The Morgan fingerprint density at radius 2 is 1.72 bits per heavy atom. The fourth-order valence-electron chi connectivity index (χ4n) is 1.84. The molecule has 0 aliphatic carbocycles. The van der Waals surface area contributed by atoms with Gasteiger partial charge in [0.2, 0.25) is 0 Å². The van der Waals surface area contributed by atoms with E-state index < -0.39 is 17.7 Å². The summed E-state index contributed by atoms with van der Waals surface area (Å²) in [5, 5.41) is 9.77. The van der Waals surface area contributed by atoms with Crippen molar-refractivity contribution in [3.05, 3.63) is 59.7 Å². The van der Waals surface area contributed by atoms with E-state index in [9.17, 15) is 13.9 Å². The number of halogens is 2. The topological polar surface area (TPSA) is 20.2 Å². The third-order valence-electron chi connectivity index (χ3n) is 2.91. The van der Waals surface area contributed by atoms with Crippen LogP contribution in [0.15, 0.2) is 42.5 Å². The molecule has 1 atom stereocenters. The van der Waals surface area contributed by atoms with Crippen LogP contribution >= 0.6 is 0 Å². The molecule has 0 heterocycles. The van der Waals surface area contributed by atoms with Crippen LogP contribution in [-0.2, 0) is 0 Å². The predicted octanol–water partition coefficient (Wildman–Crippen LogP) is 4.08. The molecule has 0 aliphatic heterocycles. The summed E-state index contributed by atoms with van der Waals surface area (Å²) in [7, 11) is 0. The standard InChI is InChI=1S/C15H14F2O/c1-2-15(18)12-5-3-4-10(8-12)11-6-7-13(16)14(17)9-11/h3-9,15,18H,2H2,1H3/t15-/m0/s1. The highest BCUT2D eigenvalue weighted by Crippen LogP contribution is 2.25. The van der Waals surface area contributed by atoms with Crippen molar-refractivity contribution in [2.75, 3.05) is 0 Å². The largest absolute Gasteiger partial charge is 0.388 e. The van der Waals surface area contributed by atoms with E-state index in [-0.39, 0.29) is 0 Å². The number of aliphatic hydroxyl groups is 1. The second-order valence-corrected chi connectivity index (χ2v) is 4.18. The van der Waals surface area contributed by atoms with Crippen molar-refractivity contribution >= 4 is 0 Å². The van der Waals surface area contributed by atoms with Gasteiger partial charge >= 0.3 is 0 Å². The first kappa shape index (κ1) is 12.7. The van der Waals surface area contributed by atoms with Gasteiger partial charge in [-0.25, -0.2) is 8.78 Å². The molecule has 1 nitrogen and oxygen atoms in total. The van der Waals surface area contributed by atoms with E-state index in [2.05, 4.69) is 0 Å². The summed E-state index contributed by atoms with van der Waals surface area (Å²) in [6, 6.07) is 11.0. The van der Waals surface area contributed by atoms with Gasteiger partial charge < -0.3 is 5.11 Å². The lowest BCUT2D eigenvalue weighted by Crippen LogP contribution is -1.95. The number of hydrogen-bond donors (Lipinski definition) is 1. The summed E-state index contributed by atoms with van der Waals surface area (Å²) < 4.78 is 26.0. The van der Waals surface area contributed by atoms with Crippen molar-refractivity contribution in [1.29, 1.82) is 0 Å². The molecule has 0 saturated carbocycles. The molecule has 0 spiro atoms. The number of rotatable bonds is 3. The Morgan fingerprint density at radius 1 is 1.00 bits per heavy atom. The second-order valence-electron chi connectivity index (χ2n) is 4.18. The van der Waals surface area contributed by atoms with Crippen molar-refractivity contribution in [2.45, 2.75) is 19.4 Å². The van der Waals surface area contributed by atoms with Gasteiger partial charge in [0.05, 0.1) is 6.10 Å². The Hall–Kier alpha value is -1.74. The summed E-state index contributed by atoms with van der Waals surface area (Å²) in [4.78, 5) is 0. The Morgan fingerprint density at radius 3 is 2.39 bits per heavy atom. The van der Waals surface area contributed by atoms with Gasteiger partial charge in [0.25, 0.3) is 0 Å². The summed E-state index contributed by atoms with van der Waals surface area (Å²) >= 11 is 0. The lowest BCUT2D eigenvalue weighted by atomic mass is 9.99. The van der Waals surface area contributed by atoms with Gasteiger partial charge in [0.15, 0.2) is 11.6 Å². The van der Waals surface area contributed by atoms with Crippen LogP contribution in [-0.4, -0.2) is 5.11 Å². The zero-order chi connectivity index (χ0) is 13.1. The van der Waals surface area contributed by atoms with E-state index >= 15 is 0 Å². The summed E-state index contributed by atoms with van der Waals surface area (Å²) in [6.45, 7) is 1.88. The third kappa shape index (κ3) is 2.57. The summed E-state index contributed by atoms with van der Waals surface area (Å²) in [5.41, 5.74) is 2.14. The first-order chi connectivity index (χ1) is 8.61.